The highest BCUT2D eigenvalue weighted by molar-refractivity contribution is 5.95. The average Bonchev–Trinajstić information content (AvgIpc) is 3.59. The van der Waals surface area contributed by atoms with Crippen molar-refractivity contribution in [2.45, 2.75) is 30.8 Å². The Morgan fingerprint density at radius 1 is 1.17 bits per heavy atom. The fourth-order valence-corrected chi connectivity index (χ4v) is 4.35. The number of likely N-dealkylation sites (tertiary alicyclic amines) is 1. The van der Waals surface area contributed by atoms with Crippen LogP contribution in [0.1, 0.15) is 34.7 Å². The molecule has 1 saturated carbocycles. The predicted octanol–water partition coefficient (Wildman–Crippen LogP) is 2.64. The van der Waals surface area contributed by atoms with Crippen molar-refractivity contribution >= 4 is 11.8 Å². The molecule has 6 nitrogen and oxygen atoms in total. The smallest absolute Gasteiger partial charge is 0.253 e. The maximum absolute atomic E-state index is 12.7. The van der Waals surface area contributed by atoms with Gasteiger partial charge in [0.05, 0.1) is 18.7 Å². The summed E-state index contributed by atoms with van der Waals surface area (Å²) in [6.07, 6.45) is 1.72. The molecular formula is C24H25N3O3. The molecule has 3 atom stereocenters. The van der Waals surface area contributed by atoms with Gasteiger partial charge in [-0.05, 0) is 41.7 Å². The Morgan fingerprint density at radius 2 is 1.90 bits per heavy atom. The highest BCUT2D eigenvalue weighted by atomic mass is 16.3. The molecule has 2 amide bonds. The Hall–Kier alpha value is -3.17. The largest absolute Gasteiger partial charge is 0.394 e. The van der Waals surface area contributed by atoms with E-state index in [9.17, 15) is 20.0 Å². The van der Waals surface area contributed by atoms with Crippen LogP contribution in [0.15, 0.2) is 48.5 Å². The first kappa shape index (κ1) is 20.1. The van der Waals surface area contributed by atoms with Gasteiger partial charge >= 0.3 is 0 Å². The number of benzene rings is 2. The van der Waals surface area contributed by atoms with Crippen LogP contribution in [0.3, 0.4) is 0 Å². The van der Waals surface area contributed by atoms with E-state index in [2.05, 4.69) is 6.07 Å². The normalized spacial score (nSPS) is 22.7. The molecule has 2 aliphatic rings. The number of aliphatic hydroxyl groups is 1. The van der Waals surface area contributed by atoms with Gasteiger partial charge in [-0.2, -0.15) is 5.26 Å². The number of carbonyl (C=O) groups is 2. The second-order valence-electron chi connectivity index (χ2n) is 8.24. The molecule has 0 spiro atoms. The van der Waals surface area contributed by atoms with Crippen LogP contribution in [0.4, 0.5) is 0 Å². The van der Waals surface area contributed by atoms with Crippen molar-refractivity contribution in [3.05, 3.63) is 59.7 Å². The topological polar surface area (TPSA) is 84.6 Å². The first-order chi connectivity index (χ1) is 14.5. The molecule has 0 bridgehead atoms. The molecule has 6 heteroatoms. The zero-order valence-corrected chi connectivity index (χ0v) is 17.2. The van der Waals surface area contributed by atoms with E-state index in [1.165, 1.54) is 4.90 Å². The fourth-order valence-electron chi connectivity index (χ4n) is 4.35. The van der Waals surface area contributed by atoms with Gasteiger partial charge in [0, 0.05) is 31.5 Å². The van der Waals surface area contributed by atoms with Crippen LogP contribution in [0.5, 0.6) is 0 Å². The molecule has 0 aromatic heterocycles. The molecule has 154 valence electrons. The van der Waals surface area contributed by atoms with Gasteiger partial charge in [-0.3, -0.25) is 9.59 Å². The van der Waals surface area contributed by atoms with Crippen LogP contribution in [-0.2, 0) is 4.79 Å². The molecule has 0 radical (unpaired) electrons. The lowest BCUT2D eigenvalue weighted by Crippen LogP contribution is -2.65. The van der Waals surface area contributed by atoms with Gasteiger partial charge in [-0.25, -0.2) is 0 Å². The third kappa shape index (κ3) is 3.35. The molecule has 30 heavy (non-hydrogen) atoms. The lowest BCUT2D eigenvalue weighted by atomic mass is 9.73. The Balaban J connectivity index is 1.72. The maximum Gasteiger partial charge on any atom is 0.253 e. The summed E-state index contributed by atoms with van der Waals surface area (Å²) in [4.78, 5) is 28.2. The third-order valence-corrected chi connectivity index (χ3v) is 6.06. The van der Waals surface area contributed by atoms with E-state index in [-0.39, 0.29) is 30.3 Å². The zero-order valence-electron chi connectivity index (χ0n) is 17.2. The minimum atomic E-state index is -0.594. The quantitative estimate of drug-likeness (QED) is 0.832. The molecule has 2 aromatic rings. The van der Waals surface area contributed by atoms with Crippen molar-refractivity contribution in [2.24, 2.45) is 5.92 Å². The second kappa shape index (κ2) is 7.92. The van der Waals surface area contributed by atoms with Crippen molar-refractivity contribution < 1.29 is 14.7 Å². The van der Waals surface area contributed by atoms with Crippen LogP contribution >= 0.6 is 0 Å². The van der Waals surface area contributed by atoms with E-state index in [1.54, 1.807) is 25.1 Å². The molecule has 1 heterocycles. The maximum atomic E-state index is 12.7. The molecule has 2 fully saturated rings. The minimum absolute atomic E-state index is 0.000166. The molecule has 0 unspecified atom stereocenters. The number of carbonyl (C=O) groups excluding carboxylic acids is 2. The number of hydrogen-bond acceptors (Lipinski definition) is 4. The number of amides is 2. The van der Waals surface area contributed by atoms with Gasteiger partial charge in [-0.1, -0.05) is 36.4 Å². The number of rotatable bonds is 5. The summed E-state index contributed by atoms with van der Waals surface area (Å²) >= 11 is 0. The van der Waals surface area contributed by atoms with E-state index >= 15 is 0 Å². The Bertz CT molecular complexity index is 1020. The number of hydrogen-bond donors (Lipinski definition) is 1. The number of aliphatic hydroxyl groups excluding tert-OH is 1. The highest BCUT2D eigenvalue weighted by Gasteiger charge is 2.54. The standard InChI is InChI=1S/C24H25N3O3/c1-26(2)23(29)17-7-5-6-16(12-17)18-8-3-4-9-19(18)22-20(13-25)27(21(22)14-28)24(30)15-10-11-15/h3-9,12,15,20-22,28H,10-11,14H2,1-2H3/t20-,21-,22+/m0/s1. The Kier molecular flexibility index (Phi) is 5.31. The van der Waals surface area contributed by atoms with Gasteiger partial charge in [-0.15, -0.1) is 0 Å². The molecule has 1 saturated heterocycles. The molecule has 1 N–H and O–H groups in total. The number of nitriles is 1. The van der Waals surface area contributed by atoms with E-state index < -0.39 is 12.1 Å². The van der Waals surface area contributed by atoms with Crippen LogP contribution in [0.2, 0.25) is 0 Å². The average molecular weight is 403 g/mol. The fraction of sp³-hybridized carbons (Fsp3) is 0.375. The van der Waals surface area contributed by atoms with Crippen LogP contribution in [0, 0.1) is 17.2 Å². The van der Waals surface area contributed by atoms with Crippen molar-refractivity contribution in [3.63, 3.8) is 0 Å². The molecule has 4 rings (SSSR count). The lowest BCUT2D eigenvalue weighted by Gasteiger charge is -2.52. The summed E-state index contributed by atoms with van der Waals surface area (Å²) in [7, 11) is 3.43. The molecular weight excluding hydrogens is 378 g/mol. The van der Waals surface area contributed by atoms with Gasteiger partial charge in [0.15, 0.2) is 0 Å². The summed E-state index contributed by atoms with van der Waals surface area (Å²) in [6.45, 7) is -0.186. The Labute approximate surface area is 176 Å². The van der Waals surface area contributed by atoms with Crippen molar-refractivity contribution in [1.82, 2.24) is 9.80 Å². The monoisotopic (exact) mass is 403 g/mol. The van der Waals surface area contributed by atoms with Gasteiger partial charge in [0.25, 0.3) is 5.91 Å². The highest BCUT2D eigenvalue weighted by Crippen LogP contribution is 2.46. The van der Waals surface area contributed by atoms with Gasteiger partial charge in [0.1, 0.15) is 6.04 Å². The second-order valence-corrected chi connectivity index (χ2v) is 8.24. The van der Waals surface area contributed by atoms with Crippen LogP contribution in [-0.4, -0.2) is 59.5 Å². The molecule has 2 aromatic carbocycles. The molecule has 1 aliphatic carbocycles. The van der Waals surface area contributed by atoms with Crippen LogP contribution < -0.4 is 0 Å². The first-order valence-corrected chi connectivity index (χ1v) is 10.2. The number of nitrogens with zero attached hydrogens (tertiary/aromatic N) is 3. The van der Waals surface area contributed by atoms with Crippen molar-refractivity contribution in [1.29, 1.82) is 5.26 Å². The van der Waals surface area contributed by atoms with Crippen molar-refractivity contribution in [2.75, 3.05) is 20.7 Å². The Morgan fingerprint density at radius 3 is 2.53 bits per heavy atom. The minimum Gasteiger partial charge on any atom is -0.394 e. The van der Waals surface area contributed by atoms with Crippen molar-refractivity contribution in [3.8, 4) is 17.2 Å². The van der Waals surface area contributed by atoms with E-state index in [4.69, 9.17) is 0 Å². The SMILES string of the molecule is CN(C)C(=O)c1cccc(-c2ccccc2[C@@H]2[C@H](C#N)N(C(=O)C3CC3)[C@H]2CO)c1. The van der Waals surface area contributed by atoms with Gasteiger partial charge in [0.2, 0.25) is 5.91 Å². The summed E-state index contributed by atoms with van der Waals surface area (Å²) in [6, 6.07) is 16.4. The first-order valence-electron chi connectivity index (χ1n) is 10.2. The summed E-state index contributed by atoms with van der Waals surface area (Å²) < 4.78 is 0. The summed E-state index contributed by atoms with van der Waals surface area (Å²) in [5.74, 6) is -0.373. The summed E-state index contributed by atoms with van der Waals surface area (Å²) in [5, 5.41) is 19.9. The zero-order chi connectivity index (χ0) is 21.4. The van der Waals surface area contributed by atoms with Crippen LogP contribution in [0.25, 0.3) is 11.1 Å². The third-order valence-electron chi connectivity index (χ3n) is 6.06. The van der Waals surface area contributed by atoms with E-state index in [1.807, 2.05) is 42.5 Å². The van der Waals surface area contributed by atoms with E-state index in [0.717, 1.165) is 29.5 Å². The molecule has 1 aliphatic heterocycles. The summed E-state index contributed by atoms with van der Waals surface area (Å²) in [5.41, 5.74) is 3.28. The lowest BCUT2D eigenvalue weighted by molar-refractivity contribution is -0.148. The predicted molar refractivity (Wildman–Crippen MR) is 112 cm³/mol. The van der Waals surface area contributed by atoms with E-state index in [0.29, 0.717) is 5.56 Å². The van der Waals surface area contributed by atoms with Gasteiger partial charge < -0.3 is 14.9 Å².